The van der Waals surface area contributed by atoms with Crippen LogP contribution in [-0.2, 0) is 4.79 Å². The largest absolute Gasteiger partial charge is 0.329 e. The molecule has 0 spiro atoms. The van der Waals surface area contributed by atoms with Crippen LogP contribution in [0.15, 0.2) is 18.2 Å². The number of hydrogen-bond donors (Lipinski definition) is 2. The molecule has 1 fully saturated rings. The maximum atomic E-state index is 12.6. The van der Waals surface area contributed by atoms with Crippen LogP contribution >= 0.6 is 11.6 Å². The number of aryl methyl sites for hydroxylation is 1. The molecule has 4 heteroatoms. The van der Waals surface area contributed by atoms with E-state index in [-0.39, 0.29) is 5.91 Å². The number of nitrogens with one attached hydrogen (secondary N) is 1. The van der Waals surface area contributed by atoms with Gasteiger partial charge in [-0.2, -0.15) is 0 Å². The first-order valence-corrected chi connectivity index (χ1v) is 7.23. The van der Waals surface area contributed by atoms with E-state index < -0.39 is 5.41 Å². The minimum atomic E-state index is -0.413. The molecule has 1 aliphatic carbocycles. The van der Waals surface area contributed by atoms with Gasteiger partial charge in [0, 0.05) is 6.54 Å². The van der Waals surface area contributed by atoms with E-state index in [4.69, 9.17) is 17.3 Å². The lowest BCUT2D eigenvalue weighted by Gasteiger charge is -2.34. The van der Waals surface area contributed by atoms with Crippen LogP contribution in [0.25, 0.3) is 0 Å². The standard InChI is InChI=1S/C15H21ClN2O/c1-11-6-5-7-12(16)13(11)18-14(19)15(10-17)8-3-2-4-9-15/h5-7H,2-4,8-10,17H2,1H3,(H,18,19). The molecule has 1 aromatic carbocycles. The number of carbonyl (C=O) groups excluding carboxylic acids is 1. The molecule has 1 aromatic rings. The average molecular weight is 281 g/mol. The van der Waals surface area contributed by atoms with Crippen LogP contribution < -0.4 is 11.1 Å². The Labute approximate surface area is 119 Å². The lowest BCUT2D eigenvalue weighted by atomic mass is 9.73. The summed E-state index contributed by atoms with van der Waals surface area (Å²) in [4.78, 5) is 12.6. The molecule has 0 bridgehead atoms. The maximum Gasteiger partial charge on any atom is 0.231 e. The fourth-order valence-corrected chi connectivity index (χ4v) is 3.06. The summed E-state index contributed by atoms with van der Waals surface area (Å²) < 4.78 is 0. The van der Waals surface area contributed by atoms with Crippen molar-refractivity contribution in [3.05, 3.63) is 28.8 Å². The zero-order valence-electron chi connectivity index (χ0n) is 11.3. The third kappa shape index (κ3) is 2.93. The van der Waals surface area contributed by atoms with Crippen LogP contribution in [-0.4, -0.2) is 12.5 Å². The molecular formula is C15H21ClN2O. The number of rotatable bonds is 3. The average Bonchev–Trinajstić information content (AvgIpc) is 2.43. The molecule has 3 nitrogen and oxygen atoms in total. The normalized spacial score (nSPS) is 18.1. The van der Waals surface area contributed by atoms with Crippen molar-refractivity contribution in [1.29, 1.82) is 0 Å². The molecular weight excluding hydrogens is 260 g/mol. The smallest absolute Gasteiger partial charge is 0.231 e. The predicted octanol–water partition coefficient (Wildman–Crippen LogP) is 3.50. The number of para-hydroxylation sites is 1. The predicted molar refractivity (Wildman–Crippen MR) is 79.4 cm³/mol. The summed E-state index contributed by atoms with van der Waals surface area (Å²) in [6, 6.07) is 5.62. The Kier molecular flexibility index (Phi) is 4.48. The van der Waals surface area contributed by atoms with Gasteiger partial charge in [-0.1, -0.05) is 43.0 Å². The van der Waals surface area contributed by atoms with Gasteiger partial charge in [-0.15, -0.1) is 0 Å². The molecule has 0 heterocycles. The molecule has 19 heavy (non-hydrogen) atoms. The number of hydrogen-bond acceptors (Lipinski definition) is 2. The molecule has 1 saturated carbocycles. The van der Waals surface area contributed by atoms with E-state index >= 15 is 0 Å². The van der Waals surface area contributed by atoms with Gasteiger partial charge in [0.25, 0.3) is 0 Å². The fraction of sp³-hybridized carbons (Fsp3) is 0.533. The van der Waals surface area contributed by atoms with E-state index in [1.165, 1.54) is 6.42 Å². The highest BCUT2D eigenvalue weighted by molar-refractivity contribution is 6.34. The van der Waals surface area contributed by atoms with Crippen LogP contribution in [0.3, 0.4) is 0 Å². The van der Waals surface area contributed by atoms with Crippen LogP contribution in [0.5, 0.6) is 0 Å². The highest BCUT2D eigenvalue weighted by Crippen LogP contribution is 2.37. The third-order valence-electron chi connectivity index (χ3n) is 4.14. The number of nitrogens with two attached hydrogens (primary N) is 1. The molecule has 3 N–H and O–H groups in total. The van der Waals surface area contributed by atoms with Gasteiger partial charge in [0.2, 0.25) is 5.91 Å². The second kappa shape index (κ2) is 5.93. The second-order valence-electron chi connectivity index (χ2n) is 5.43. The monoisotopic (exact) mass is 280 g/mol. The van der Waals surface area contributed by atoms with Crippen molar-refractivity contribution >= 4 is 23.2 Å². The van der Waals surface area contributed by atoms with Crippen LogP contribution in [0.1, 0.15) is 37.7 Å². The summed E-state index contributed by atoms with van der Waals surface area (Å²) in [5.74, 6) is 0.0194. The van der Waals surface area contributed by atoms with Gasteiger partial charge in [0.1, 0.15) is 0 Å². The number of carbonyl (C=O) groups is 1. The molecule has 104 valence electrons. The number of benzene rings is 1. The summed E-state index contributed by atoms with van der Waals surface area (Å²) >= 11 is 6.16. The van der Waals surface area contributed by atoms with Gasteiger partial charge in [-0.05, 0) is 31.4 Å². The van der Waals surface area contributed by atoms with Gasteiger partial charge in [-0.25, -0.2) is 0 Å². The van der Waals surface area contributed by atoms with Crippen LogP contribution in [0.4, 0.5) is 5.69 Å². The van der Waals surface area contributed by atoms with Gasteiger partial charge < -0.3 is 11.1 Å². The number of halogens is 1. The first-order chi connectivity index (χ1) is 9.09. The molecule has 2 rings (SSSR count). The van der Waals surface area contributed by atoms with E-state index in [0.717, 1.165) is 31.2 Å². The fourth-order valence-electron chi connectivity index (χ4n) is 2.79. The number of anilines is 1. The maximum absolute atomic E-state index is 12.6. The minimum Gasteiger partial charge on any atom is -0.329 e. The summed E-state index contributed by atoms with van der Waals surface area (Å²) in [7, 11) is 0. The molecule has 0 radical (unpaired) electrons. The zero-order chi connectivity index (χ0) is 13.9. The summed E-state index contributed by atoms with van der Waals surface area (Å²) in [5, 5.41) is 3.57. The molecule has 0 aliphatic heterocycles. The lowest BCUT2D eigenvalue weighted by Crippen LogP contribution is -2.44. The quantitative estimate of drug-likeness (QED) is 0.890. The summed E-state index contributed by atoms with van der Waals surface area (Å²) in [6.45, 7) is 2.35. The van der Waals surface area contributed by atoms with Crippen molar-refractivity contribution in [2.45, 2.75) is 39.0 Å². The molecule has 0 aromatic heterocycles. The Morgan fingerprint density at radius 3 is 2.63 bits per heavy atom. The molecule has 0 saturated heterocycles. The van der Waals surface area contributed by atoms with E-state index in [9.17, 15) is 4.79 Å². The van der Waals surface area contributed by atoms with Crippen molar-refractivity contribution in [2.24, 2.45) is 11.1 Å². The van der Waals surface area contributed by atoms with Crippen LogP contribution in [0.2, 0.25) is 5.02 Å². The van der Waals surface area contributed by atoms with E-state index in [1.807, 2.05) is 19.1 Å². The third-order valence-corrected chi connectivity index (χ3v) is 4.46. The SMILES string of the molecule is Cc1cccc(Cl)c1NC(=O)C1(CN)CCCCC1. The summed E-state index contributed by atoms with van der Waals surface area (Å²) in [5.41, 5.74) is 7.15. The molecule has 1 aliphatic rings. The van der Waals surface area contributed by atoms with Crippen molar-refractivity contribution in [3.8, 4) is 0 Å². The Morgan fingerprint density at radius 2 is 2.05 bits per heavy atom. The highest BCUT2D eigenvalue weighted by atomic mass is 35.5. The Hall–Kier alpha value is -1.06. The molecule has 0 unspecified atom stereocenters. The molecule has 1 amide bonds. The lowest BCUT2D eigenvalue weighted by molar-refractivity contribution is -0.126. The van der Waals surface area contributed by atoms with Gasteiger partial charge in [-0.3, -0.25) is 4.79 Å². The van der Waals surface area contributed by atoms with Gasteiger partial charge in [0.05, 0.1) is 16.1 Å². The Bertz CT molecular complexity index is 447. The minimum absolute atomic E-state index is 0.0194. The topological polar surface area (TPSA) is 55.1 Å². The van der Waals surface area contributed by atoms with Gasteiger partial charge >= 0.3 is 0 Å². The first kappa shape index (κ1) is 14.4. The van der Waals surface area contributed by atoms with E-state index in [2.05, 4.69) is 5.32 Å². The molecule has 0 atom stereocenters. The number of amides is 1. The second-order valence-corrected chi connectivity index (χ2v) is 5.84. The van der Waals surface area contributed by atoms with Crippen LogP contribution in [0, 0.1) is 12.3 Å². The van der Waals surface area contributed by atoms with E-state index in [0.29, 0.717) is 17.3 Å². The first-order valence-electron chi connectivity index (χ1n) is 6.86. The summed E-state index contributed by atoms with van der Waals surface area (Å²) in [6.07, 6.45) is 5.09. The van der Waals surface area contributed by atoms with Crippen molar-refractivity contribution in [3.63, 3.8) is 0 Å². The Morgan fingerprint density at radius 1 is 1.37 bits per heavy atom. The van der Waals surface area contributed by atoms with Crippen molar-refractivity contribution < 1.29 is 4.79 Å². The highest BCUT2D eigenvalue weighted by Gasteiger charge is 2.38. The zero-order valence-corrected chi connectivity index (χ0v) is 12.1. The van der Waals surface area contributed by atoms with E-state index in [1.54, 1.807) is 6.07 Å². The van der Waals surface area contributed by atoms with Crippen molar-refractivity contribution in [2.75, 3.05) is 11.9 Å². The van der Waals surface area contributed by atoms with Gasteiger partial charge in [0.15, 0.2) is 0 Å². The van der Waals surface area contributed by atoms with Crippen molar-refractivity contribution in [1.82, 2.24) is 0 Å². The Balaban J connectivity index is 2.20.